The molecule has 3 nitrogen and oxygen atoms in total. The van der Waals surface area contributed by atoms with E-state index in [1.165, 1.54) is 0 Å². The second-order valence-corrected chi connectivity index (χ2v) is 4.29. The number of nitrogens with one attached hydrogen (secondary N) is 1. The molecule has 0 saturated heterocycles. The van der Waals surface area contributed by atoms with Crippen LogP contribution in [-0.4, -0.2) is 17.6 Å². The van der Waals surface area contributed by atoms with Crippen molar-refractivity contribution in [3.8, 4) is 0 Å². The Balaban J connectivity index is 1.98. The van der Waals surface area contributed by atoms with Crippen molar-refractivity contribution in [1.29, 1.82) is 0 Å². The lowest BCUT2D eigenvalue weighted by Gasteiger charge is -2.19. The van der Waals surface area contributed by atoms with Gasteiger partial charge >= 0.3 is 0 Å². The van der Waals surface area contributed by atoms with Crippen LogP contribution in [0.5, 0.6) is 0 Å². The molecule has 0 saturated carbocycles. The van der Waals surface area contributed by atoms with E-state index in [1.807, 2.05) is 42.5 Å². The quantitative estimate of drug-likeness (QED) is 0.776. The maximum absolute atomic E-state index is 11.9. The van der Waals surface area contributed by atoms with Crippen LogP contribution in [0.1, 0.15) is 24.4 Å². The van der Waals surface area contributed by atoms with Crippen molar-refractivity contribution < 1.29 is 9.90 Å². The van der Waals surface area contributed by atoms with Gasteiger partial charge in [0.15, 0.2) is 0 Å². The van der Waals surface area contributed by atoms with E-state index in [1.54, 1.807) is 0 Å². The summed E-state index contributed by atoms with van der Waals surface area (Å²) in [5.41, 5.74) is 0.939. The molecule has 0 heterocycles. The van der Waals surface area contributed by atoms with Crippen LogP contribution in [0.25, 0.3) is 0 Å². The number of carbonyl (C=O) groups excluding carboxylic acids is 1. The highest BCUT2D eigenvalue weighted by molar-refractivity contribution is 5.80. The molecule has 90 valence electrons. The summed E-state index contributed by atoms with van der Waals surface area (Å²) in [4.78, 5) is 11.9. The molecule has 0 fully saturated rings. The summed E-state index contributed by atoms with van der Waals surface area (Å²) in [5.74, 6) is 0.0608. The molecular formula is C14H17NO2. The number of aliphatic hydroxyl groups excluding tert-OH is 1. The summed E-state index contributed by atoms with van der Waals surface area (Å²) in [5, 5.41) is 12.2. The van der Waals surface area contributed by atoms with Gasteiger partial charge in [-0.3, -0.25) is 4.79 Å². The van der Waals surface area contributed by atoms with Gasteiger partial charge in [0.05, 0.1) is 12.6 Å². The van der Waals surface area contributed by atoms with Crippen molar-refractivity contribution >= 4 is 5.91 Å². The minimum atomic E-state index is -0.302. The molecule has 2 N–H and O–H groups in total. The number of rotatable bonds is 4. The monoisotopic (exact) mass is 231 g/mol. The molecule has 1 amide bonds. The number of aliphatic hydroxyl groups is 1. The molecule has 0 unspecified atom stereocenters. The lowest BCUT2D eigenvalue weighted by Crippen LogP contribution is -2.34. The zero-order valence-corrected chi connectivity index (χ0v) is 9.67. The Kier molecular flexibility index (Phi) is 3.94. The van der Waals surface area contributed by atoms with Gasteiger partial charge in [0.2, 0.25) is 5.91 Å². The van der Waals surface area contributed by atoms with E-state index >= 15 is 0 Å². The van der Waals surface area contributed by atoms with Crippen molar-refractivity contribution in [3.05, 3.63) is 48.0 Å². The lowest BCUT2D eigenvalue weighted by atomic mass is 10.0. The summed E-state index contributed by atoms with van der Waals surface area (Å²) in [7, 11) is 0. The molecule has 1 aromatic rings. The van der Waals surface area contributed by atoms with Gasteiger partial charge < -0.3 is 10.4 Å². The summed E-state index contributed by atoms with van der Waals surface area (Å²) >= 11 is 0. The molecule has 0 aliphatic heterocycles. The number of amides is 1. The molecule has 0 radical (unpaired) electrons. The van der Waals surface area contributed by atoms with Crippen molar-refractivity contribution in [2.24, 2.45) is 5.92 Å². The van der Waals surface area contributed by atoms with Crippen molar-refractivity contribution in [2.45, 2.75) is 18.9 Å². The summed E-state index contributed by atoms with van der Waals surface area (Å²) < 4.78 is 0. The van der Waals surface area contributed by atoms with E-state index < -0.39 is 0 Å². The molecule has 1 atom stereocenters. The number of carbonyl (C=O) groups is 1. The molecular weight excluding hydrogens is 214 g/mol. The Bertz CT molecular complexity index is 392. The predicted molar refractivity (Wildman–Crippen MR) is 66.3 cm³/mol. The minimum absolute atomic E-state index is 0.0258. The molecule has 0 bridgehead atoms. The highest BCUT2D eigenvalue weighted by Crippen LogP contribution is 2.20. The van der Waals surface area contributed by atoms with Crippen LogP contribution in [0.4, 0.5) is 0 Å². The van der Waals surface area contributed by atoms with Gasteiger partial charge in [0.25, 0.3) is 0 Å². The molecule has 1 aromatic carbocycles. The van der Waals surface area contributed by atoms with Gasteiger partial charge in [0, 0.05) is 5.92 Å². The van der Waals surface area contributed by atoms with Crippen LogP contribution in [0.2, 0.25) is 0 Å². The topological polar surface area (TPSA) is 49.3 Å². The molecule has 0 spiro atoms. The highest BCUT2D eigenvalue weighted by atomic mass is 16.3. The molecule has 1 aliphatic rings. The zero-order chi connectivity index (χ0) is 12.1. The van der Waals surface area contributed by atoms with E-state index in [4.69, 9.17) is 0 Å². The van der Waals surface area contributed by atoms with Crippen LogP contribution in [0, 0.1) is 5.92 Å². The van der Waals surface area contributed by atoms with Crippen molar-refractivity contribution in [1.82, 2.24) is 5.32 Å². The number of hydrogen-bond donors (Lipinski definition) is 2. The SMILES string of the molecule is O=C(N[C@H](CO)c1ccccc1)C1CC=CC1. The maximum Gasteiger partial charge on any atom is 0.224 e. The van der Waals surface area contributed by atoms with Gasteiger partial charge in [-0.25, -0.2) is 0 Å². The summed E-state index contributed by atoms with van der Waals surface area (Å²) in [6.07, 6.45) is 5.67. The number of benzene rings is 1. The zero-order valence-electron chi connectivity index (χ0n) is 9.67. The van der Waals surface area contributed by atoms with Crippen LogP contribution in [0.15, 0.2) is 42.5 Å². The van der Waals surface area contributed by atoms with Gasteiger partial charge in [-0.1, -0.05) is 42.5 Å². The normalized spacial score (nSPS) is 17.0. The Morgan fingerprint density at radius 3 is 2.53 bits per heavy atom. The maximum atomic E-state index is 11.9. The van der Waals surface area contributed by atoms with Crippen molar-refractivity contribution in [2.75, 3.05) is 6.61 Å². The first-order valence-electron chi connectivity index (χ1n) is 5.92. The van der Waals surface area contributed by atoms with Gasteiger partial charge in [-0.2, -0.15) is 0 Å². The van der Waals surface area contributed by atoms with E-state index in [0.29, 0.717) is 0 Å². The largest absolute Gasteiger partial charge is 0.394 e. The third kappa shape index (κ3) is 2.94. The third-order valence-corrected chi connectivity index (χ3v) is 3.08. The third-order valence-electron chi connectivity index (χ3n) is 3.08. The van der Waals surface area contributed by atoms with E-state index in [-0.39, 0.29) is 24.5 Å². The highest BCUT2D eigenvalue weighted by Gasteiger charge is 2.22. The molecule has 3 heteroatoms. The number of allylic oxidation sites excluding steroid dienone is 2. The Morgan fingerprint density at radius 1 is 1.29 bits per heavy atom. The van der Waals surface area contributed by atoms with Crippen LogP contribution >= 0.6 is 0 Å². The average molecular weight is 231 g/mol. The predicted octanol–water partition coefficient (Wildman–Crippen LogP) is 1.80. The van der Waals surface area contributed by atoms with Gasteiger partial charge in [-0.15, -0.1) is 0 Å². The average Bonchev–Trinajstić information content (AvgIpc) is 2.90. The smallest absolute Gasteiger partial charge is 0.224 e. The van der Waals surface area contributed by atoms with Gasteiger partial charge in [-0.05, 0) is 18.4 Å². The Morgan fingerprint density at radius 2 is 1.94 bits per heavy atom. The second-order valence-electron chi connectivity index (χ2n) is 4.29. The fourth-order valence-electron chi connectivity index (χ4n) is 2.04. The Labute approximate surface area is 101 Å². The van der Waals surface area contributed by atoms with Crippen LogP contribution < -0.4 is 5.32 Å². The van der Waals surface area contributed by atoms with Crippen LogP contribution in [0.3, 0.4) is 0 Å². The van der Waals surface area contributed by atoms with Crippen molar-refractivity contribution in [3.63, 3.8) is 0 Å². The standard InChI is InChI=1S/C14H17NO2/c16-10-13(11-6-2-1-3-7-11)15-14(17)12-8-4-5-9-12/h1-7,12-13,16H,8-10H2,(H,15,17)/t13-/m1/s1. The first-order valence-corrected chi connectivity index (χ1v) is 5.92. The lowest BCUT2D eigenvalue weighted by molar-refractivity contribution is -0.125. The molecule has 2 rings (SSSR count). The van der Waals surface area contributed by atoms with E-state index in [0.717, 1.165) is 18.4 Å². The summed E-state index contributed by atoms with van der Waals surface area (Å²) in [6, 6.07) is 9.25. The first kappa shape index (κ1) is 11.9. The minimum Gasteiger partial charge on any atom is -0.394 e. The van der Waals surface area contributed by atoms with Gasteiger partial charge in [0.1, 0.15) is 0 Å². The Hall–Kier alpha value is -1.61. The molecule has 0 aromatic heterocycles. The molecule has 17 heavy (non-hydrogen) atoms. The number of hydrogen-bond acceptors (Lipinski definition) is 2. The fourth-order valence-corrected chi connectivity index (χ4v) is 2.04. The second kappa shape index (κ2) is 5.64. The van der Waals surface area contributed by atoms with E-state index in [9.17, 15) is 9.90 Å². The van der Waals surface area contributed by atoms with E-state index in [2.05, 4.69) is 5.32 Å². The first-order chi connectivity index (χ1) is 8.31. The fraction of sp³-hybridized carbons (Fsp3) is 0.357. The van der Waals surface area contributed by atoms with Crippen LogP contribution in [-0.2, 0) is 4.79 Å². The molecule has 1 aliphatic carbocycles. The summed E-state index contributed by atoms with van der Waals surface area (Å²) in [6.45, 7) is -0.0735.